The number of methoxy groups -OCH3 is 1. The monoisotopic (exact) mass is 493 g/mol. The Morgan fingerprint density at radius 1 is 1.17 bits per heavy atom. The molecule has 2 aromatic heterocycles. The minimum Gasteiger partial charge on any atom is -0.454 e. The molecule has 2 aliphatic rings. The second kappa shape index (κ2) is 10.5. The number of rotatable bonds is 7. The molecule has 188 valence electrons. The molecule has 5 rings (SSSR count). The highest BCUT2D eigenvalue weighted by Crippen LogP contribution is 2.32. The van der Waals surface area contributed by atoms with Gasteiger partial charge in [-0.05, 0) is 30.2 Å². The van der Waals surface area contributed by atoms with Crippen LogP contribution < -0.4 is 19.7 Å². The van der Waals surface area contributed by atoms with Crippen molar-refractivity contribution in [2.45, 2.75) is 18.9 Å². The van der Waals surface area contributed by atoms with Crippen LogP contribution in [-0.2, 0) is 16.0 Å². The number of hydrogen-bond donors (Lipinski definition) is 1. The van der Waals surface area contributed by atoms with Crippen LogP contribution in [0.1, 0.15) is 12.0 Å². The summed E-state index contributed by atoms with van der Waals surface area (Å²) in [5.74, 6) is 2.50. The largest absolute Gasteiger partial charge is 0.454 e. The summed E-state index contributed by atoms with van der Waals surface area (Å²) in [6, 6.07) is 7.29. The van der Waals surface area contributed by atoms with Crippen LogP contribution >= 0.6 is 0 Å². The first kappa shape index (κ1) is 23.4. The number of imidazole rings is 1. The van der Waals surface area contributed by atoms with E-state index < -0.39 is 6.09 Å². The topological polar surface area (TPSA) is 124 Å². The lowest BCUT2D eigenvalue weighted by molar-refractivity contribution is -0.121. The Balaban J connectivity index is 1.25. The zero-order valence-corrected chi connectivity index (χ0v) is 19.9. The van der Waals surface area contributed by atoms with Crippen molar-refractivity contribution in [1.29, 1.82) is 0 Å². The van der Waals surface area contributed by atoms with Gasteiger partial charge >= 0.3 is 6.09 Å². The number of carbonyl (C=O) groups excluding carboxylic acids is 2. The van der Waals surface area contributed by atoms with Gasteiger partial charge in [0.1, 0.15) is 12.1 Å². The highest BCUT2D eigenvalue weighted by atomic mass is 16.7. The van der Waals surface area contributed by atoms with Crippen molar-refractivity contribution in [2.24, 2.45) is 0 Å². The maximum Gasteiger partial charge on any atom is 0.409 e. The van der Waals surface area contributed by atoms with Gasteiger partial charge in [0, 0.05) is 51.2 Å². The number of amides is 2. The maximum atomic E-state index is 12.9. The fourth-order valence-corrected chi connectivity index (χ4v) is 4.36. The summed E-state index contributed by atoms with van der Waals surface area (Å²) in [6.07, 6.45) is 7.15. The van der Waals surface area contributed by atoms with E-state index in [1.807, 2.05) is 23.1 Å². The highest BCUT2D eigenvalue weighted by molar-refractivity contribution is 5.77. The lowest BCUT2D eigenvalue weighted by Crippen LogP contribution is -2.56. The molecule has 1 fully saturated rings. The number of ether oxygens (including phenoxy) is 3. The van der Waals surface area contributed by atoms with Gasteiger partial charge in [-0.15, -0.1) is 0 Å². The van der Waals surface area contributed by atoms with E-state index in [2.05, 4.69) is 20.3 Å². The van der Waals surface area contributed by atoms with Crippen LogP contribution in [0.5, 0.6) is 11.5 Å². The predicted molar refractivity (Wildman–Crippen MR) is 128 cm³/mol. The van der Waals surface area contributed by atoms with E-state index in [-0.39, 0.29) is 25.2 Å². The summed E-state index contributed by atoms with van der Waals surface area (Å²) in [6.45, 7) is 2.01. The van der Waals surface area contributed by atoms with E-state index in [0.29, 0.717) is 44.4 Å². The first-order chi connectivity index (χ1) is 17.6. The molecule has 1 saturated heterocycles. The van der Waals surface area contributed by atoms with Gasteiger partial charge in [0.15, 0.2) is 11.5 Å². The number of hydrogen-bond acceptors (Lipinski definition) is 9. The Kier molecular flexibility index (Phi) is 6.83. The van der Waals surface area contributed by atoms with Crippen LogP contribution in [0.3, 0.4) is 0 Å². The van der Waals surface area contributed by atoms with Gasteiger partial charge in [0.2, 0.25) is 18.6 Å². The number of benzene rings is 1. The van der Waals surface area contributed by atoms with E-state index in [4.69, 9.17) is 14.2 Å². The van der Waals surface area contributed by atoms with Gasteiger partial charge in [0.05, 0.1) is 13.2 Å². The molecule has 0 spiro atoms. The van der Waals surface area contributed by atoms with Gasteiger partial charge in [-0.3, -0.25) is 9.36 Å². The Labute approximate surface area is 207 Å². The summed E-state index contributed by atoms with van der Waals surface area (Å²) >= 11 is 0. The van der Waals surface area contributed by atoms with Crippen molar-refractivity contribution in [3.8, 4) is 17.4 Å². The van der Waals surface area contributed by atoms with Crippen molar-refractivity contribution >= 4 is 17.8 Å². The number of fused-ring (bicyclic) bond motifs is 1. The standard InChI is InChI=1S/C24H27N7O5/c1-34-24(33)29-10-11-31(21-5-7-27-23(28-21)30-9-8-25-15-30)18(14-29)13-22(32)26-6-4-17-2-3-19-20(12-17)36-16-35-19/h2-3,5,7-9,12,15,18H,4,6,10-11,13-14,16H2,1H3,(H,26,32). The van der Waals surface area contributed by atoms with Crippen LogP contribution in [0.2, 0.25) is 0 Å². The smallest absolute Gasteiger partial charge is 0.409 e. The molecule has 2 aliphatic heterocycles. The summed E-state index contributed by atoms with van der Waals surface area (Å²) in [5.41, 5.74) is 1.05. The lowest BCUT2D eigenvalue weighted by Gasteiger charge is -2.41. The number of aromatic nitrogens is 4. The van der Waals surface area contributed by atoms with E-state index in [1.54, 1.807) is 40.5 Å². The second-order valence-electron chi connectivity index (χ2n) is 8.44. The van der Waals surface area contributed by atoms with E-state index in [9.17, 15) is 9.59 Å². The Hall–Kier alpha value is -4.35. The molecule has 0 bridgehead atoms. The summed E-state index contributed by atoms with van der Waals surface area (Å²) in [7, 11) is 1.36. The third-order valence-corrected chi connectivity index (χ3v) is 6.17. The molecule has 3 aromatic rings. The first-order valence-corrected chi connectivity index (χ1v) is 11.7. The molecule has 0 aliphatic carbocycles. The molecule has 1 unspecified atom stereocenters. The summed E-state index contributed by atoms with van der Waals surface area (Å²) < 4.78 is 17.4. The van der Waals surface area contributed by atoms with Crippen molar-refractivity contribution in [3.05, 3.63) is 54.7 Å². The second-order valence-corrected chi connectivity index (χ2v) is 8.44. The quantitative estimate of drug-likeness (QED) is 0.520. The molecule has 0 saturated carbocycles. The SMILES string of the molecule is COC(=O)N1CCN(c2ccnc(-n3ccnc3)n2)C(CC(=O)NCCc2ccc3c(c2)OCO3)C1. The third-order valence-electron chi connectivity index (χ3n) is 6.17. The number of anilines is 1. The average molecular weight is 494 g/mol. The molecule has 36 heavy (non-hydrogen) atoms. The highest BCUT2D eigenvalue weighted by Gasteiger charge is 2.32. The van der Waals surface area contributed by atoms with Crippen molar-refractivity contribution in [2.75, 3.05) is 45.0 Å². The maximum absolute atomic E-state index is 12.9. The molecule has 12 heteroatoms. The van der Waals surface area contributed by atoms with Gasteiger partial charge in [0.25, 0.3) is 0 Å². The fourth-order valence-electron chi connectivity index (χ4n) is 4.36. The van der Waals surface area contributed by atoms with E-state index in [0.717, 1.165) is 17.1 Å². The fraction of sp³-hybridized carbons (Fsp3) is 0.375. The molecule has 1 aromatic carbocycles. The average Bonchev–Trinajstić information content (AvgIpc) is 3.60. The molecule has 1 atom stereocenters. The third kappa shape index (κ3) is 5.16. The van der Waals surface area contributed by atoms with Gasteiger partial charge in [-0.1, -0.05) is 6.07 Å². The number of nitrogens with one attached hydrogen (secondary N) is 1. The van der Waals surface area contributed by atoms with Crippen LogP contribution in [0.15, 0.2) is 49.2 Å². The van der Waals surface area contributed by atoms with Crippen LogP contribution in [0.4, 0.5) is 10.6 Å². The van der Waals surface area contributed by atoms with Crippen LogP contribution in [0, 0.1) is 0 Å². The van der Waals surface area contributed by atoms with Gasteiger partial charge < -0.3 is 29.3 Å². The molecule has 2 amide bonds. The normalized spacial score (nSPS) is 16.6. The zero-order chi connectivity index (χ0) is 24.9. The number of carbonyl (C=O) groups is 2. The Morgan fingerprint density at radius 3 is 2.89 bits per heavy atom. The van der Waals surface area contributed by atoms with Crippen LogP contribution in [-0.4, -0.2) is 82.5 Å². The van der Waals surface area contributed by atoms with Crippen LogP contribution in [0.25, 0.3) is 5.95 Å². The molecule has 4 heterocycles. The van der Waals surface area contributed by atoms with E-state index in [1.165, 1.54) is 7.11 Å². The van der Waals surface area contributed by atoms with Crippen molar-refractivity contribution < 1.29 is 23.8 Å². The number of nitrogens with zero attached hydrogens (tertiary/aromatic N) is 6. The Bertz CT molecular complexity index is 1220. The Morgan fingerprint density at radius 2 is 2.06 bits per heavy atom. The first-order valence-electron chi connectivity index (χ1n) is 11.7. The zero-order valence-electron chi connectivity index (χ0n) is 19.9. The minimum absolute atomic E-state index is 0.110. The minimum atomic E-state index is -0.412. The van der Waals surface area contributed by atoms with Gasteiger partial charge in [-0.25, -0.2) is 14.8 Å². The van der Waals surface area contributed by atoms with Crippen molar-refractivity contribution in [1.82, 2.24) is 29.7 Å². The predicted octanol–water partition coefficient (Wildman–Crippen LogP) is 1.40. The van der Waals surface area contributed by atoms with Crippen molar-refractivity contribution in [3.63, 3.8) is 0 Å². The van der Waals surface area contributed by atoms with E-state index >= 15 is 0 Å². The molecule has 12 nitrogen and oxygen atoms in total. The molecular formula is C24H27N7O5. The lowest BCUT2D eigenvalue weighted by atomic mass is 10.1. The molecule has 1 N–H and O–H groups in total. The van der Waals surface area contributed by atoms with Gasteiger partial charge in [-0.2, -0.15) is 4.98 Å². The number of piperazine rings is 1. The summed E-state index contributed by atoms with van der Waals surface area (Å²) in [4.78, 5) is 41.8. The molecular weight excluding hydrogens is 466 g/mol. The molecule has 0 radical (unpaired) electrons. The summed E-state index contributed by atoms with van der Waals surface area (Å²) in [5, 5.41) is 2.99.